The number of hydrogen-bond donors (Lipinski definition) is 0. The van der Waals surface area contributed by atoms with E-state index in [0.29, 0.717) is 19.6 Å². The highest BCUT2D eigenvalue weighted by Crippen LogP contribution is 2.02. The summed E-state index contributed by atoms with van der Waals surface area (Å²) in [6.45, 7) is 2.82. The van der Waals surface area contributed by atoms with Crippen molar-refractivity contribution < 1.29 is 22.7 Å². The summed E-state index contributed by atoms with van der Waals surface area (Å²) < 4.78 is 34.1. The largest absolute Gasteiger partial charge is 0.469 e. The molecule has 0 heterocycles. The van der Waals surface area contributed by atoms with Gasteiger partial charge in [-0.05, 0) is 13.3 Å². The zero-order valence-electron chi connectivity index (χ0n) is 10.6. The Balaban J connectivity index is 3.94. The molecule has 0 aliphatic rings. The monoisotopic (exact) mass is 267 g/mol. The summed E-state index contributed by atoms with van der Waals surface area (Å²) in [6, 6.07) is 0. The molecule has 0 rings (SSSR count). The third-order valence-corrected chi connectivity index (χ3v) is 4.06. The van der Waals surface area contributed by atoms with Crippen molar-refractivity contribution in [2.75, 3.05) is 39.7 Å². The van der Waals surface area contributed by atoms with Crippen molar-refractivity contribution in [3.05, 3.63) is 0 Å². The fraction of sp³-hybridized carbons (Fsp3) is 0.900. The lowest BCUT2D eigenvalue weighted by Crippen LogP contribution is -2.32. The number of ether oxygens (including phenoxy) is 2. The molecule has 17 heavy (non-hydrogen) atoms. The molecular weight excluding hydrogens is 246 g/mol. The molecule has 0 radical (unpaired) electrons. The average molecular weight is 267 g/mol. The summed E-state index contributed by atoms with van der Waals surface area (Å²) in [6.07, 6.45) is 0.679. The fourth-order valence-electron chi connectivity index (χ4n) is 1.15. The number of esters is 1. The van der Waals surface area contributed by atoms with E-state index in [0.717, 1.165) is 0 Å². The molecule has 0 bridgehead atoms. The predicted octanol–water partition coefficient (Wildman–Crippen LogP) is 0.238. The van der Waals surface area contributed by atoms with Crippen molar-refractivity contribution in [3.8, 4) is 0 Å². The van der Waals surface area contributed by atoms with Crippen molar-refractivity contribution in [2.24, 2.45) is 0 Å². The Bertz CT molecular complexity index is 315. The Kier molecular flexibility index (Phi) is 8.11. The highest BCUT2D eigenvalue weighted by molar-refractivity contribution is 7.89. The van der Waals surface area contributed by atoms with Crippen LogP contribution in [0.2, 0.25) is 0 Å². The van der Waals surface area contributed by atoms with Crippen molar-refractivity contribution in [2.45, 2.75) is 19.8 Å². The smallest absolute Gasteiger partial charge is 0.305 e. The number of carbonyl (C=O) groups excluding carboxylic acids is 1. The van der Waals surface area contributed by atoms with Gasteiger partial charge in [-0.1, -0.05) is 0 Å². The third kappa shape index (κ3) is 7.30. The lowest BCUT2D eigenvalue weighted by Gasteiger charge is -2.16. The molecule has 0 unspecified atom stereocenters. The topological polar surface area (TPSA) is 72.9 Å². The van der Waals surface area contributed by atoms with Crippen LogP contribution in [0.1, 0.15) is 19.8 Å². The molecule has 0 saturated heterocycles. The maximum absolute atomic E-state index is 11.7. The number of nitrogens with zero attached hydrogens (tertiary/aromatic N) is 1. The first-order chi connectivity index (χ1) is 7.94. The van der Waals surface area contributed by atoms with Gasteiger partial charge in [0.25, 0.3) is 0 Å². The fourth-order valence-corrected chi connectivity index (χ4v) is 2.20. The van der Waals surface area contributed by atoms with Gasteiger partial charge in [0, 0.05) is 26.6 Å². The second-order valence-electron chi connectivity index (χ2n) is 3.51. The molecule has 0 aromatic carbocycles. The summed E-state index contributed by atoms with van der Waals surface area (Å²) in [4.78, 5) is 10.8. The van der Waals surface area contributed by atoms with Gasteiger partial charge in [0.1, 0.15) is 0 Å². The molecule has 0 spiro atoms. The Hall–Kier alpha value is -0.660. The number of sulfonamides is 1. The summed E-state index contributed by atoms with van der Waals surface area (Å²) in [5.41, 5.74) is 0. The second-order valence-corrected chi connectivity index (χ2v) is 5.71. The van der Waals surface area contributed by atoms with E-state index in [9.17, 15) is 13.2 Å². The van der Waals surface area contributed by atoms with Gasteiger partial charge >= 0.3 is 5.97 Å². The van der Waals surface area contributed by atoms with E-state index in [1.165, 1.54) is 18.5 Å². The van der Waals surface area contributed by atoms with Crippen LogP contribution in [0, 0.1) is 0 Å². The Labute approximate surface area is 103 Å². The quantitative estimate of drug-likeness (QED) is 0.442. The minimum absolute atomic E-state index is 0.0322. The number of rotatable bonds is 9. The van der Waals surface area contributed by atoms with Crippen LogP contribution >= 0.6 is 0 Å². The molecule has 6 nitrogen and oxygen atoms in total. The van der Waals surface area contributed by atoms with Crippen molar-refractivity contribution >= 4 is 16.0 Å². The molecule has 0 fully saturated rings. The summed E-state index contributed by atoms with van der Waals surface area (Å²) in [5.74, 6) is -0.361. The zero-order valence-corrected chi connectivity index (χ0v) is 11.5. The van der Waals surface area contributed by atoms with Crippen LogP contribution in [0.5, 0.6) is 0 Å². The Morgan fingerprint density at radius 1 is 1.35 bits per heavy atom. The van der Waals surface area contributed by atoms with E-state index in [1.807, 2.05) is 6.92 Å². The minimum atomic E-state index is -3.28. The molecule has 7 heteroatoms. The lowest BCUT2D eigenvalue weighted by atomic mass is 10.3. The molecule has 0 amide bonds. The summed E-state index contributed by atoms with van der Waals surface area (Å²) in [5, 5.41) is 0. The van der Waals surface area contributed by atoms with Gasteiger partial charge in [-0.15, -0.1) is 0 Å². The van der Waals surface area contributed by atoms with Crippen LogP contribution in [0.15, 0.2) is 0 Å². The Morgan fingerprint density at radius 2 is 2.00 bits per heavy atom. The van der Waals surface area contributed by atoms with E-state index in [1.54, 1.807) is 0 Å². The molecule has 0 aromatic heterocycles. The zero-order chi connectivity index (χ0) is 13.3. The van der Waals surface area contributed by atoms with E-state index in [4.69, 9.17) is 4.74 Å². The van der Waals surface area contributed by atoms with Crippen LogP contribution in [-0.4, -0.2) is 58.4 Å². The lowest BCUT2D eigenvalue weighted by molar-refractivity contribution is -0.140. The summed E-state index contributed by atoms with van der Waals surface area (Å²) >= 11 is 0. The van der Waals surface area contributed by atoms with Gasteiger partial charge in [-0.25, -0.2) is 12.7 Å². The highest BCUT2D eigenvalue weighted by atomic mass is 32.2. The predicted molar refractivity (Wildman–Crippen MR) is 64.2 cm³/mol. The van der Waals surface area contributed by atoms with Crippen LogP contribution in [0.25, 0.3) is 0 Å². The van der Waals surface area contributed by atoms with E-state index < -0.39 is 10.0 Å². The van der Waals surface area contributed by atoms with Gasteiger partial charge in [0.2, 0.25) is 10.0 Å². The van der Waals surface area contributed by atoms with Gasteiger partial charge in [-0.2, -0.15) is 0 Å². The van der Waals surface area contributed by atoms with Gasteiger partial charge in [0.05, 0.1) is 19.5 Å². The van der Waals surface area contributed by atoms with Gasteiger partial charge in [0.15, 0.2) is 0 Å². The van der Waals surface area contributed by atoms with E-state index in [-0.39, 0.29) is 24.7 Å². The molecule has 0 aromatic rings. The second kappa shape index (κ2) is 8.43. The van der Waals surface area contributed by atoms with Crippen LogP contribution < -0.4 is 0 Å². The first-order valence-corrected chi connectivity index (χ1v) is 7.13. The minimum Gasteiger partial charge on any atom is -0.469 e. The average Bonchev–Trinajstić information content (AvgIpc) is 2.28. The van der Waals surface area contributed by atoms with Gasteiger partial charge < -0.3 is 9.47 Å². The number of methoxy groups -OCH3 is 1. The van der Waals surface area contributed by atoms with Crippen LogP contribution in [0.3, 0.4) is 0 Å². The normalized spacial score (nSPS) is 11.8. The van der Waals surface area contributed by atoms with Crippen LogP contribution in [-0.2, 0) is 24.3 Å². The number of hydrogen-bond acceptors (Lipinski definition) is 5. The van der Waals surface area contributed by atoms with Crippen molar-refractivity contribution in [1.29, 1.82) is 0 Å². The molecule has 0 atom stereocenters. The molecule has 0 aliphatic carbocycles. The van der Waals surface area contributed by atoms with E-state index in [2.05, 4.69) is 4.74 Å². The SMILES string of the molecule is CCOCCS(=O)(=O)N(C)CCCC(=O)OC. The molecular formula is C10H21NO5S. The maximum atomic E-state index is 11.7. The highest BCUT2D eigenvalue weighted by Gasteiger charge is 2.17. The van der Waals surface area contributed by atoms with Crippen molar-refractivity contribution in [1.82, 2.24) is 4.31 Å². The van der Waals surface area contributed by atoms with Gasteiger partial charge in [-0.3, -0.25) is 4.79 Å². The molecule has 0 aliphatic heterocycles. The van der Waals surface area contributed by atoms with E-state index >= 15 is 0 Å². The van der Waals surface area contributed by atoms with Crippen LogP contribution in [0.4, 0.5) is 0 Å². The first-order valence-electron chi connectivity index (χ1n) is 5.52. The first kappa shape index (κ1) is 16.3. The summed E-state index contributed by atoms with van der Waals surface area (Å²) in [7, 11) is -0.472. The van der Waals surface area contributed by atoms with Crippen molar-refractivity contribution in [3.63, 3.8) is 0 Å². The maximum Gasteiger partial charge on any atom is 0.305 e. The molecule has 0 saturated carbocycles. The number of carbonyl (C=O) groups is 1. The Morgan fingerprint density at radius 3 is 2.53 bits per heavy atom. The molecule has 0 N–H and O–H groups in total. The standard InChI is InChI=1S/C10H21NO5S/c1-4-16-8-9-17(13,14)11(2)7-5-6-10(12)15-3/h4-9H2,1-3H3. The third-order valence-electron chi connectivity index (χ3n) is 2.25. The molecule has 102 valence electrons.